The van der Waals surface area contributed by atoms with Gasteiger partial charge in [0, 0.05) is 0 Å². The van der Waals surface area contributed by atoms with Crippen LogP contribution in [0.5, 0.6) is 5.75 Å². The molecule has 1 heterocycles. The van der Waals surface area contributed by atoms with Crippen LogP contribution in [-0.4, -0.2) is 35.2 Å². The first-order chi connectivity index (χ1) is 4.22. The Kier molecular flexibility index (Phi) is 2.31. The van der Waals surface area contributed by atoms with Gasteiger partial charge in [0.05, 0.1) is 0 Å². The average molecular weight is 252 g/mol. The maximum absolute atomic E-state index is 9.22. The van der Waals surface area contributed by atoms with Crippen LogP contribution < -0.4 is 0 Å². The molecule has 1 N–H and O–H groups in total. The van der Waals surface area contributed by atoms with E-state index in [4.69, 9.17) is 0 Å². The summed E-state index contributed by atoms with van der Waals surface area (Å²) in [6, 6.07) is 1.92. The Morgan fingerprint density at radius 3 is 2.78 bits per heavy atom. The molecule has 1 aromatic rings. The Balaban J connectivity index is 3.43. The van der Waals surface area contributed by atoms with Gasteiger partial charge in [-0.15, -0.1) is 0 Å². The molecule has 0 unspecified atom stereocenters. The predicted molar refractivity (Wildman–Crippen MR) is 38.8 cm³/mol. The van der Waals surface area contributed by atoms with Crippen molar-refractivity contribution in [2.45, 2.75) is 6.92 Å². The van der Waals surface area contributed by atoms with Crippen LogP contribution in [0.15, 0.2) is 11.0 Å². The summed E-state index contributed by atoms with van der Waals surface area (Å²) in [7, 11) is 0. The van der Waals surface area contributed by atoms with E-state index in [0.717, 1.165) is 8.50 Å². The van der Waals surface area contributed by atoms with E-state index in [9.17, 15) is 5.11 Å². The van der Waals surface area contributed by atoms with Crippen LogP contribution in [0.1, 0.15) is 4.44 Å². The zero-order valence-electron chi connectivity index (χ0n) is 4.92. The zero-order valence-corrected chi connectivity index (χ0v) is 8.34. The molecule has 0 radical (unpaired) electrons. The Labute approximate surface area is 67.5 Å². The number of hydrogen-bond acceptors (Lipinski definition) is 1. The van der Waals surface area contributed by atoms with Gasteiger partial charge in [-0.1, -0.05) is 0 Å². The van der Waals surface area contributed by atoms with E-state index in [1.807, 2.05) is 13.0 Å². The standard InChI is InChI=1S/C6H6OSe2/c1-4-6(7)5(8)2-3-9-4/h2-3,7H,1H3. The van der Waals surface area contributed by atoms with Crippen molar-refractivity contribution in [2.75, 3.05) is 0 Å². The molecule has 0 aliphatic heterocycles. The number of aromatic hydroxyl groups is 1. The van der Waals surface area contributed by atoms with E-state index in [2.05, 4.69) is 20.5 Å². The molecule has 0 fully saturated rings. The quantitative estimate of drug-likeness (QED) is 0.665. The molecule has 9 heavy (non-hydrogen) atoms. The van der Waals surface area contributed by atoms with Crippen LogP contribution in [0.2, 0.25) is 0 Å². The molecule has 0 aliphatic carbocycles. The van der Waals surface area contributed by atoms with Crippen molar-refractivity contribution < 1.29 is 5.11 Å². The number of aryl methyl sites for hydroxylation is 1. The van der Waals surface area contributed by atoms with E-state index in [0.29, 0.717) is 20.3 Å². The predicted octanol–water partition coefficient (Wildman–Crippen LogP) is 0.458. The fourth-order valence-electron chi connectivity index (χ4n) is 0.506. The molecule has 1 rings (SSSR count). The monoisotopic (exact) mass is 254 g/mol. The molecule has 1 nitrogen and oxygen atoms in total. The summed E-state index contributed by atoms with van der Waals surface area (Å²) in [5, 5.41) is 9.22. The molecule has 0 bridgehead atoms. The molecule has 1 aromatic heterocycles. The van der Waals surface area contributed by atoms with E-state index < -0.39 is 0 Å². The summed E-state index contributed by atoms with van der Waals surface area (Å²) in [6.07, 6.45) is 0. The Bertz CT molecular complexity index is 264. The molecule has 0 spiro atoms. The molecular weight excluding hydrogens is 246 g/mol. The van der Waals surface area contributed by atoms with Crippen molar-refractivity contribution in [3.63, 3.8) is 0 Å². The zero-order chi connectivity index (χ0) is 6.85. The van der Waals surface area contributed by atoms with Gasteiger partial charge in [0.15, 0.2) is 0 Å². The summed E-state index contributed by atoms with van der Waals surface area (Å²) in [5.41, 5.74) is 0. The van der Waals surface area contributed by atoms with Crippen LogP contribution in [0, 0.1) is 11.0 Å². The van der Waals surface area contributed by atoms with Gasteiger partial charge >= 0.3 is 67.4 Å². The molecule has 0 aliphatic rings. The molecule has 0 amide bonds. The average Bonchev–Trinajstić information content (AvgIpc) is 1.83. The Morgan fingerprint density at radius 1 is 1.67 bits per heavy atom. The van der Waals surface area contributed by atoms with Crippen LogP contribution in [0.25, 0.3) is 0 Å². The van der Waals surface area contributed by atoms with Gasteiger partial charge in [-0.2, -0.15) is 0 Å². The third-order valence-electron chi connectivity index (χ3n) is 1.03. The van der Waals surface area contributed by atoms with Gasteiger partial charge in [0.25, 0.3) is 0 Å². The van der Waals surface area contributed by atoms with Gasteiger partial charge < -0.3 is 0 Å². The van der Waals surface area contributed by atoms with Gasteiger partial charge in [0.1, 0.15) is 0 Å². The van der Waals surface area contributed by atoms with Crippen LogP contribution in [-0.2, 0) is 0 Å². The van der Waals surface area contributed by atoms with Gasteiger partial charge in [-0.05, 0) is 0 Å². The molecule has 48 valence electrons. The second-order valence-electron chi connectivity index (χ2n) is 1.69. The molecular formula is C6H6OSe2. The van der Waals surface area contributed by atoms with Crippen LogP contribution in [0.3, 0.4) is 0 Å². The van der Waals surface area contributed by atoms with Gasteiger partial charge in [-0.3, -0.25) is 0 Å². The van der Waals surface area contributed by atoms with Crippen LogP contribution in [0.4, 0.5) is 0 Å². The minimum atomic E-state index is 0.372. The van der Waals surface area contributed by atoms with Gasteiger partial charge in [-0.25, -0.2) is 0 Å². The number of rotatable bonds is 0. The third-order valence-corrected chi connectivity index (χ3v) is 3.44. The summed E-state index contributed by atoms with van der Waals surface area (Å²) in [6.45, 7) is 1.95. The van der Waals surface area contributed by atoms with Crippen molar-refractivity contribution in [1.82, 2.24) is 0 Å². The first-order valence-corrected chi connectivity index (χ1v) is 5.19. The minimum absolute atomic E-state index is 0.372. The van der Waals surface area contributed by atoms with Crippen molar-refractivity contribution >= 4 is 30.1 Å². The van der Waals surface area contributed by atoms with Crippen molar-refractivity contribution in [3.05, 3.63) is 19.5 Å². The van der Waals surface area contributed by atoms with Crippen LogP contribution >= 0.6 is 0 Å². The van der Waals surface area contributed by atoms with E-state index in [-0.39, 0.29) is 0 Å². The summed E-state index contributed by atoms with van der Waals surface area (Å²) >= 11 is 3.16. The summed E-state index contributed by atoms with van der Waals surface area (Å²) in [4.78, 5) is 2.09. The Hall–Kier alpha value is 0.189. The molecule has 0 saturated heterocycles. The fraction of sp³-hybridized carbons (Fsp3) is 0.167. The van der Waals surface area contributed by atoms with E-state index in [1.165, 1.54) is 0 Å². The first kappa shape index (κ1) is 7.30. The Morgan fingerprint density at radius 2 is 2.33 bits per heavy atom. The third kappa shape index (κ3) is 1.56. The molecule has 3 heteroatoms. The first-order valence-electron chi connectivity index (χ1n) is 2.49. The molecule has 0 aromatic carbocycles. The summed E-state index contributed by atoms with van der Waals surface area (Å²) in [5.74, 6) is 0.442. The fourth-order valence-corrected chi connectivity index (χ4v) is 3.06. The molecule has 0 saturated carbocycles. The second-order valence-corrected chi connectivity index (χ2v) is 4.96. The molecule has 0 atom stereocenters. The van der Waals surface area contributed by atoms with Crippen molar-refractivity contribution in [2.24, 2.45) is 0 Å². The normalized spacial score (nSPS) is 9.44. The SMILES string of the molecule is Cc1[se]ccc(=[Se])c1O. The maximum atomic E-state index is 9.22. The topological polar surface area (TPSA) is 20.2 Å². The second kappa shape index (κ2) is 2.85. The van der Waals surface area contributed by atoms with Crippen molar-refractivity contribution in [1.29, 1.82) is 0 Å². The van der Waals surface area contributed by atoms with E-state index in [1.54, 1.807) is 0 Å². The van der Waals surface area contributed by atoms with E-state index >= 15 is 0 Å². The van der Waals surface area contributed by atoms with Gasteiger partial charge in [0.2, 0.25) is 0 Å². The summed E-state index contributed by atoms with van der Waals surface area (Å²) < 4.78 is 1.96. The van der Waals surface area contributed by atoms with Crippen molar-refractivity contribution in [3.8, 4) is 5.75 Å². The number of hydrogen-bond donors (Lipinski definition) is 1.